The van der Waals surface area contributed by atoms with Gasteiger partial charge in [0, 0.05) is 17.5 Å². The second-order valence-corrected chi connectivity index (χ2v) is 6.84. The number of carbonyl (C=O) groups excluding carboxylic acids is 1. The molecule has 0 N–H and O–H groups in total. The van der Waals surface area contributed by atoms with Crippen LogP contribution in [0.4, 0.5) is 0 Å². The number of rotatable bonds is 1. The Labute approximate surface area is 130 Å². The highest BCUT2D eigenvalue weighted by atomic mass is 35.5. The Morgan fingerprint density at radius 1 is 1.20 bits per heavy atom. The molecular weight excluding hydrogens is 290 g/mol. The van der Waals surface area contributed by atoms with E-state index in [0.29, 0.717) is 22.5 Å². The van der Waals surface area contributed by atoms with Gasteiger partial charge < -0.3 is 4.90 Å². The van der Waals surface area contributed by atoms with Crippen molar-refractivity contribution in [2.45, 2.75) is 49.5 Å². The highest BCUT2D eigenvalue weighted by Gasteiger charge is 2.36. The van der Waals surface area contributed by atoms with Gasteiger partial charge in [-0.1, -0.05) is 24.4 Å². The summed E-state index contributed by atoms with van der Waals surface area (Å²) < 4.78 is 0. The maximum Gasteiger partial charge on any atom is 0.255 e. The maximum atomic E-state index is 12.8. The summed E-state index contributed by atoms with van der Waals surface area (Å²) in [5, 5.41) is 0.533. The third-order valence-corrected chi connectivity index (χ3v) is 5.29. The summed E-state index contributed by atoms with van der Waals surface area (Å²) in [6, 6.07) is 5.80. The van der Waals surface area contributed by atoms with Gasteiger partial charge in [0.25, 0.3) is 5.91 Å². The minimum Gasteiger partial charge on any atom is -0.335 e. The number of amides is 1. The average molecular weight is 310 g/mol. The molecule has 1 aromatic carbocycles. The van der Waals surface area contributed by atoms with E-state index in [9.17, 15) is 4.79 Å². The summed E-state index contributed by atoms with van der Waals surface area (Å²) in [7, 11) is 0. The Kier molecular flexibility index (Phi) is 4.27. The van der Waals surface area contributed by atoms with Crippen LogP contribution in [-0.2, 0) is 0 Å². The lowest BCUT2D eigenvalue weighted by Gasteiger charge is -2.44. The van der Waals surface area contributed by atoms with Crippen molar-refractivity contribution in [3.05, 3.63) is 28.8 Å². The number of hydrogen-bond donors (Lipinski definition) is 1. The fraction of sp³-hybridized carbons (Fsp3) is 0.562. The fourth-order valence-corrected chi connectivity index (χ4v) is 4.11. The van der Waals surface area contributed by atoms with Gasteiger partial charge in [-0.25, -0.2) is 0 Å². The molecule has 3 rings (SSSR count). The van der Waals surface area contributed by atoms with Gasteiger partial charge in [-0.3, -0.25) is 4.79 Å². The first-order valence-corrected chi connectivity index (χ1v) is 8.29. The van der Waals surface area contributed by atoms with Crippen molar-refractivity contribution < 1.29 is 4.79 Å². The van der Waals surface area contributed by atoms with Gasteiger partial charge in [-0.2, -0.15) is 0 Å². The standard InChI is InChI=1S/C16H20ClNOS/c17-14-8-7-12(20)10-13(14)16(19)18-9-3-5-11-4-1-2-6-15(11)18/h7-8,10-11,15,20H,1-6,9H2/t11-,15-/m1/s1. The van der Waals surface area contributed by atoms with E-state index in [1.807, 2.05) is 6.07 Å². The number of piperidine rings is 1. The molecule has 1 amide bonds. The highest BCUT2D eigenvalue weighted by Crippen LogP contribution is 2.36. The molecule has 1 saturated heterocycles. The van der Waals surface area contributed by atoms with E-state index in [1.54, 1.807) is 12.1 Å². The third-order valence-electron chi connectivity index (χ3n) is 4.68. The quantitative estimate of drug-likeness (QED) is 0.761. The molecule has 20 heavy (non-hydrogen) atoms. The number of carbonyl (C=O) groups is 1. The molecule has 1 aromatic rings. The molecule has 2 nitrogen and oxygen atoms in total. The van der Waals surface area contributed by atoms with Gasteiger partial charge in [0.2, 0.25) is 0 Å². The summed E-state index contributed by atoms with van der Waals surface area (Å²) in [4.78, 5) is 15.7. The molecule has 0 radical (unpaired) electrons. The summed E-state index contributed by atoms with van der Waals surface area (Å²) in [6.45, 7) is 0.868. The monoisotopic (exact) mass is 309 g/mol. The third kappa shape index (κ3) is 2.71. The summed E-state index contributed by atoms with van der Waals surface area (Å²) in [5.41, 5.74) is 0.602. The molecule has 1 heterocycles. The van der Waals surface area contributed by atoms with Crippen LogP contribution in [0.2, 0.25) is 5.02 Å². The van der Waals surface area contributed by atoms with Crippen LogP contribution < -0.4 is 0 Å². The Hall–Kier alpha value is -0.670. The molecule has 0 aromatic heterocycles. The number of nitrogens with zero attached hydrogens (tertiary/aromatic N) is 1. The van der Waals surface area contributed by atoms with E-state index >= 15 is 0 Å². The topological polar surface area (TPSA) is 20.3 Å². The molecular formula is C16H20ClNOS. The van der Waals surface area contributed by atoms with Crippen molar-refractivity contribution in [2.75, 3.05) is 6.54 Å². The molecule has 0 bridgehead atoms. The molecule has 0 unspecified atom stereocenters. The van der Waals surface area contributed by atoms with Crippen molar-refractivity contribution >= 4 is 30.1 Å². The normalized spacial score (nSPS) is 26.2. The molecule has 2 aliphatic rings. The van der Waals surface area contributed by atoms with Gasteiger partial charge >= 0.3 is 0 Å². The fourth-order valence-electron chi connectivity index (χ4n) is 3.71. The van der Waals surface area contributed by atoms with Crippen molar-refractivity contribution in [1.29, 1.82) is 0 Å². The van der Waals surface area contributed by atoms with E-state index in [0.717, 1.165) is 24.3 Å². The number of thiol groups is 1. The predicted molar refractivity (Wildman–Crippen MR) is 84.7 cm³/mol. The lowest BCUT2D eigenvalue weighted by atomic mass is 9.78. The summed E-state index contributed by atoms with van der Waals surface area (Å²) in [6.07, 6.45) is 7.37. The van der Waals surface area contributed by atoms with Gasteiger partial charge in [0.1, 0.15) is 0 Å². The molecule has 0 spiro atoms. The van der Waals surface area contributed by atoms with Crippen LogP contribution in [0, 0.1) is 5.92 Å². The van der Waals surface area contributed by atoms with Gasteiger partial charge in [0.05, 0.1) is 10.6 Å². The zero-order valence-corrected chi connectivity index (χ0v) is 13.2. The average Bonchev–Trinajstić information content (AvgIpc) is 2.48. The van der Waals surface area contributed by atoms with E-state index in [1.165, 1.54) is 25.7 Å². The van der Waals surface area contributed by atoms with Crippen LogP contribution in [0.25, 0.3) is 0 Å². The van der Waals surface area contributed by atoms with E-state index in [-0.39, 0.29) is 5.91 Å². The largest absolute Gasteiger partial charge is 0.335 e. The minimum atomic E-state index is 0.0856. The second kappa shape index (κ2) is 5.98. The number of likely N-dealkylation sites (tertiary alicyclic amines) is 1. The van der Waals surface area contributed by atoms with E-state index < -0.39 is 0 Å². The number of halogens is 1. The number of benzene rings is 1. The Bertz CT molecular complexity index is 517. The van der Waals surface area contributed by atoms with Gasteiger partial charge in [0.15, 0.2) is 0 Å². The Morgan fingerprint density at radius 2 is 1.95 bits per heavy atom. The maximum absolute atomic E-state index is 12.8. The lowest BCUT2D eigenvalue weighted by Crippen LogP contribution is -2.49. The van der Waals surface area contributed by atoms with E-state index in [2.05, 4.69) is 17.5 Å². The first kappa shape index (κ1) is 14.3. The molecule has 1 aliphatic heterocycles. The molecule has 2 fully saturated rings. The van der Waals surface area contributed by atoms with E-state index in [4.69, 9.17) is 11.6 Å². The van der Waals surface area contributed by atoms with Crippen molar-refractivity contribution in [3.63, 3.8) is 0 Å². The highest BCUT2D eigenvalue weighted by molar-refractivity contribution is 7.80. The number of fused-ring (bicyclic) bond motifs is 1. The molecule has 108 valence electrons. The van der Waals surface area contributed by atoms with Crippen LogP contribution in [0.3, 0.4) is 0 Å². The molecule has 2 atom stereocenters. The summed E-state index contributed by atoms with van der Waals surface area (Å²) in [5.74, 6) is 0.780. The van der Waals surface area contributed by atoms with Crippen LogP contribution in [0.1, 0.15) is 48.9 Å². The van der Waals surface area contributed by atoms with Crippen LogP contribution >= 0.6 is 24.2 Å². The molecule has 1 aliphatic carbocycles. The summed E-state index contributed by atoms with van der Waals surface area (Å²) >= 11 is 10.5. The second-order valence-electron chi connectivity index (χ2n) is 5.92. The molecule has 1 saturated carbocycles. The zero-order chi connectivity index (χ0) is 14.1. The van der Waals surface area contributed by atoms with Crippen molar-refractivity contribution in [2.24, 2.45) is 5.92 Å². The van der Waals surface area contributed by atoms with Gasteiger partial charge in [-0.05, 0) is 49.8 Å². The van der Waals surface area contributed by atoms with Crippen LogP contribution in [0.5, 0.6) is 0 Å². The van der Waals surface area contributed by atoms with Crippen LogP contribution in [-0.4, -0.2) is 23.4 Å². The van der Waals surface area contributed by atoms with Crippen molar-refractivity contribution in [1.82, 2.24) is 4.90 Å². The van der Waals surface area contributed by atoms with Crippen molar-refractivity contribution in [3.8, 4) is 0 Å². The van der Waals surface area contributed by atoms with Gasteiger partial charge in [-0.15, -0.1) is 12.6 Å². The lowest BCUT2D eigenvalue weighted by molar-refractivity contribution is 0.0390. The predicted octanol–water partition coefficient (Wildman–Crippen LogP) is 4.42. The first-order valence-electron chi connectivity index (χ1n) is 7.46. The minimum absolute atomic E-state index is 0.0856. The SMILES string of the molecule is O=C(c1cc(S)ccc1Cl)N1CCC[C@H]2CCCC[C@H]21. The molecule has 4 heteroatoms. The van der Waals surface area contributed by atoms with Crippen LogP contribution in [0.15, 0.2) is 23.1 Å². The Balaban J connectivity index is 1.87. The zero-order valence-electron chi connectivity index (χ0n) is 11.5. The first-order chi connectivity index (χ1) is 9.66. The smallest absolute Gasteiger partial charge is 0.255 e. The number of hydrogen-bond acceptors (Lipinski definition) is 2. The Morgan fingerprint density at radius 3 is 2.80 bits per heavy atom.